The van der Waals surface area contributed by atoms with E-state index < -0.39 is 0 Å². The second-order valence-electron chi connectivity index (χ2n) is 8.74. The molecule has 6 heteroatoms. The number of aryl methyl sites for hydroxylation is 1. The summed E-state index contributed by atoms with van der Waals surface area (Å²) in [6.07, 6.45) is 10.9. The summed E-state index contributed by atoms with van der Waals surface area (Å²) in [5.41, 5.74) is 2.95. The van der Waals surface area contributed by atoms with E-state index in [9.17, 15) is 4.79 Å². The Kier molecular flexibility index (Phi) is 6.51. The van der Waals surface area contributed by atoms with E-state index in [0.717, 1.165) is 46.4 Å². The van der Waals surface area contributed by atoms with Gasteiger partial charge in [0.25, 0.3) is 5.56 Å². The fourth-order valence-corrected chi connectivity index (χ4v) is 5.17. The Morgan fingerprint density at radius 3 is 2.38 bits per heavy atom. The Labute approximate surface area is 189 Å². The second kappa shape index (κ2) is 9.33. The van der Waals surface area contributed by atoms with E-state index in [1.807, 2.05) is 12.3 Å². The van der Waals surface area contributed by atoms with Gasteiger partial charge in [-0.2, -0.15) is 0 Å². The predicted octanol–water partition coefficient (Wildman–Crippen LogP) is 4.42. The highest BCUT2D eigenvalue weighted by atomic mass is 16.5. The van der Waals surface area contributed by atoms with Crippen molar-refractivity contribution in [3.05, 3.63) is 52.7 Å². The number of nitrogens with zero attached hydrogens (tertiary/aromatic N) is 3. The van der Waals surface area contributed by atoms with E-state index in [1.165, 1.54) is 19.3 Å². The number of likely N-dealkylation sites (tertiary alicyclic amines) is 1. The van der Waals surface area contributed by atoms with E-state index in [4.69, 9.17) is 9.47 Å². The second-order valence-corrected chi connectivity index (χ2v) is 8.74. The van der Waals surface area contributed by atoms with Gasteiger partial charge in [0.2, 0.25) is 0 Å². The lowest BCUT2D eigenvalue weighted by molar-refractivity contribution is 0.226. The number of fused-ring (bicyclic) bond motifs is 1. The molecule has 170 valence electrons. The van der Waals surface area contributed by atoms with Crippen molar-refractivity contribution in [3.8, 4) is 22.6 Å². The molecule has 3 aromatic rings. The van der Waals surface area contributed by atoms with Gasteiger partial charge < -0.3 is 18.9 Å². The molecule has 0 amide bonds. The third-order valence-electron chi connectivity index (χ3n) is 7.09. The lowest BCUT2D eigenvalue weighted by Crippen LogP contribution is -2.32. The summed E-state index contributed by atoms with van der Waals surface area (Å²) >= 11 is 0. The van der Waals surface area contributed by atoms with Gasteiger partial charge in [-0.15, -0.1) is 0 Å². The highest BCUT2D eigenvalue weighted by Crippen LogP contribution is 2.38. The largest absolute Gasteiger partial charge is 0.496 e. The lowest BCUT2D eigenvalue weighted by atomic mass is 9.96. The number of pyridine rings is 2. The molecule has 0 spiro atoms. The molecule has 4 rings (SSSR count). The summed E-state index contributed by atoms with van der Waals surface area (Å²) in [6.45, 7) is 2.27. The van der Waals surface area contributed by atoms with Crippen molar-refractivity contribution in [3.63, 3.8) is 0 Å². The minimum Gasteiger partial charge on any atom is -0.496 e. The molecule has 1 fully saturated rings. The van der Waals surface area contributed by atoms with Gasteiger partial charge in [-0.05, 0) is 68.3 Å². The van der Waals surface area contributed by atoms with Crippen LogP contribution in [0.15, 0.2) is 41.6 Å². The van der Waals surface area contributed by atoms with Crippen LogP contribution in [0.4, 0.5) is 0 Å². The molecule has 2 unspecified atom stereocenters. The zero-order valence-electron chi connectivity index (χ0n) is 19.7. The zero-order chi connectivity index (χ0) is 22.8. The Balaban J connectivity index is 1.72. The van der Waals surface area contributed by atoms with E-state index >= 15 is 0 Å². The Hall–Kier alpha value is -2.86. The SMILES string of the molecule is CCC1CCC(CCc2c(OC)cc(-c3cn(C)c(=O)c4cnccc34)cc2OC)N1C. The van der Waals surface area contributed by atoms with Crippen molar-refractivity contribution in [2.24, 2.45) is 7.05 Å². The Morgan fingerprint density at radius 2 is 1.75 bits per heavy atom. The average Bonchev–Trinajstić information content (AvgIpc) is 3.18. The lowest BCUT2D eigenvalue weighted by Gasteiger charge is -2.25. The van der Waals surface area contributed by atoms with Gasteiger partial charge >= 0.3 is 0 Å². The first-order valence-electron chi connectivity index (χ1n) is 11.4. The molecule has 2 aromatic heterocycles. The molecule has 1 aliphatic rings. The van der Waals surface area contributed by atoms with Crippen LogP contribution in [0.3, 0.4) is 0 Å². The molecular weight excluding hydrogens is 402 g/mol. The maximum Gasteiger partial charge on any atom is 0.259 e. The topological polar surface area (TPSA) is 56.6 Å². The monoisotopic (exact) mass is 435 g/mol. The highest BCUT2D eigenvalue weighted by molar-refractivity contribution is 5.95. The van der Waals surface area contributed by atoms with Crippen molar-refractivity contribution in [2.75, 3.05) is 21.3 Å². The minimum absolute atomic E-state index is 0.0570. The van der Waals surface area contributed by atoms with Crippen molar-refractivity contribution in [2.45, 2.75) is 51.1 Å². The molecule has 0 bridgehead atoms. The van der Waals surface area contributed by atoms with Gasteiger partial charge in [-0.3, -0.25) is 9.78 Å². The number of rotatable bonds is 7. The molecule has 1 aliphatic heterocycles. The number of aromatic nitrogens is 2. The fraction of sp³-hybridized carbons (Fsp3) is 0.462. The molecule has 3 heterocycles. The van der Waals surface area contributed by atoms with E-state index in [1.54, 1.807) is 38.2 Å². The van der Waals surface area contributed by atoms with Crippen LogP contribution in [0.25, 0.3) is 21.9 Å². The molecule has 0 aliphatic carbocycles. The van der Waals surface area contributed by atoms with Crippen LogP contribution in [-0.2, 0) is 13.5 Å². The molecule has 2 atom stereocenters. The number of benzene rings is 1. The molecule has 0 saturated carbocycles. The first kappa shape index (κ1) is 22.3. The molecular formula is C26H33N3O3. The number of ether oxygens (including phenoxy) is 2. The molecule has 32 heavy (non-hydrogen) atoms. The van der Waals surface area contributed by atoms with Crippen LogP contribution in [0.5, 0.6) is 11.5 Å². The summed E-state index contributed by atoms with van der Waals surface area (Å²) in [6, 6.07) is 7.29. The summed E-state index contributed by atoms with van der Waals surface area (Å²) in [5.74, 6) is 1.64. The smallest absolute Gasteiger partial charge is 0.259 e. The quantitative estimate of drug-likeness (QED) is 0.550. The summed E-state index contributed by atoms with van der Waals surface area (Å²) in [4.78, 5) is 19.2. The van der Waals surface area contributed by atoms with Crippen molar-refractivity contribution >= 4 is 10.8 Å². The molecule has 1 saturated heterocycles. The molecule has 0 N–H and O–H groups in total. The van der Waals surface area contributed by atoms with Gasteiger partial charge in [-0.25, -0.2) is 0 Å². The predicted molar refractivity (Wildman–Crippen MR) is 129 cm³/mol. The maximum absolute atomic E-state index is 12.6. The minimum atomic E-state index is -0.0570. The van der Waals surface area contributed by atoms with Crippen molar-refractivity contribution < 1.29 is 9.47 Å². The molecule has 1 aromatic carbocycles. The molecule has 0 radical (unpaired) electrons. The van der Waals surface area contributed by atoms with Crippen LogP contribution in [0, 0.1) is 0 Å². The van der Waals surface area contributed by atoms with Gasteiger partial charge in [0.05, 0.1) is 19.6 Å². The van der Waals surface area contributed by atoms with Gasteiger partial charge in [-0.1, -0.05) is 6.92 Å². The standard InChI is InChI=1S/C26H33N3O3/c1-6-18-7-8-19(29(18)3)9-10-21-24(31-4)13-17(14-25(21)32-5)23-16-28(2)26(30)22-15-27-12-11-20(22)23/h11-16,18-19H,6-10H2,1-5H3. The maximum atomic E-state index is 12.6. The Bertz CT molecular complexity index is 1150. The van der Waals surface area contributed by atoms with Gasteiger partial charge in [0.15, 0.2) is 0 Å². The van der Waals surface area contributed by atoms with Crippen molar-refractivity contribution in [1.82, 2.24) is 14.5 Å². The van der Waals surface area contributed by atoms with Crippen LogP contribution in [-0.4, -0.2) is 47.8 Å². The van der Waals surface area contributed by atoms with Gasteiger partial charge in [0, 0.05) is 48.8 Å². The number of hydrogen-bond donors (Lipinski definition) is 0. The average molecular weight is 436 g/mol. The fourth-order valence-electron chi connectivity index (χ4n) is 5.17. The van der Waals surface area contributed by atoms with Crippen LogP contribution >= 0.6 is 0 Å². The van der Waals surface area contributed by atoms with Gasteiger partial charge in [0.1, 0.15) is 11.5 Å². The van der Waals surface area contributed by atoms with Crippen LogP contribution in [0.2, 0.25) is 0 Å². The van der Waals surface area contributed by atoms with Crippen LogP contribution in [0.1, 0.15) is 38.2 Å². The third kappa shape index (κ3) is 3.99. The zero-order valence-corrected chi connectivity index (χ0v) is 19.7. The van der Waals surface area contributed by atoms with E-state index in [-0.39, 0.29) is 5.56 Å². The first-order chi connectivity index (χ1) is 15.5. The summed E-state index contributed by atoms with van der Waals surface area (Å²) in [5, 5.41) is 1.47. The summed E-state index contributed by atoms with van der Waals surface area (Å²) < 4.78 is 13.3. The first-order valence-corrected chi connectivity index (χ1v) is 11.4. The normalized spacial score (nSPS) is 18.9. The third-order valence-corrected chi connectivity index (χ3v) is 7.09. The number of hydrogen-bond acceptors (Lipinski definition) is 5. The van der Waals surface area contributed by atoms with Crippen molar-refractivity contribution in [1.29, 1.82) is 0 Å². The molecule has 6 nitrogen and oxygen atoms in total. The van der Waals surface area contributed by atoms with E-state index in [2.05, 4.69) is 36.0 Å². The van der Waals surface area contributed by atoms with Crippen LogP contribution < -0.4 is 15.0 Å². The Morgan fingerprint density at radius 1 is 1.06 bits per heavy atom. The summed E-state index contributed by atoms with van der Waals surface area (Å²) in [7, 11) is 7.44. The number of methoxy groups -OCH3 is 2. The van der Waals surface area contributed by atoms with E-state index in [0.29, 0.717) is 17.5 Å². The highest BCUT2D eigenvalue weighted by Gasteiger charge is 2.29.